The van der Waals surface area contributed by atoms with Crippen LogP contribution in [0.1, 0.15) is 12.8 Å². The molecule has 1 atom stereocenters. The summed E-state index contributed by atoms with van der Waals surface area (Å²) in [6.45, 7) is 3.67. The zero-order valence-corrected chi connectivity index (χ0v) is 14.4. The molecule has 1 unspecified atom stereocenters. The molecule has 2 fully saturated rings. The number of carbonyl (C=O) groups is 2. The van der Waals surface area contributed by atoms with Crippen LogP contribution in [0.5, 0.6) is 0 Å². The molecule has 2 heterocycles. The highest BCUT2D eigenvalue weighted by atomic mass is 19.1. The van der Waals surface area contributed by atoms with Crippen LogP contribution in [-0.4, -0.2) is 72.5 Å². The lowest BCUT2D eigenvalue weighted by Gasteiger charge is -2.36. The van der Waals surface area contributed by atoms with E-state index in [-0.39, 0.29) is 17.8 Å². The van der Waals surface area contributed by atoms with Gasteiger partial charge >= 0.3 is 6.03 Å². The maximum atomic E-state index is 12.9. The normalized spacial score (nSPS) is 21.3. The number of benzene rings is 1. The molecule has 8 heteroatoms. The van der Waals surface area contributed by atoms with Gasteiger partial charge in [-0.25, -0.2) is 9.18 Å². The molecule has 3 rings (SSSR count). The first kappa shape index (κ1) is 17.5. The summed E-state index contributed by atoms with van der Waals surface area (Å²) >= 11 is 0. The van der Waals surface area contributed by atoms with E-state index in [9.17, 15) is 14.0 Å². The molecule has 2 saturated heterocycles. The number of nitrogens with one attached hydrogen (secondary N) is 2. The quantitative estimate of drug-likeness (QED) is 0.802. The number of urea groups is 1. The molecule has 2 aliphatic heterocycles. The lowest BCUT2D eigenvalue weighted by atomic mass is 10.2. The van der Waals surface area contributed by atoms with E-state index >= 15 is 0 Å². The number of amides is 3. The number of anilines is 1. The van der Waals surface area contributed by atoms with Gasteiger partial charge in [0.1, 0.15) is 11.9 Å². The molecule has 0 aliphatic carbocycles. The fraction of sp³-hybridized carbons (Fsp3) is 0.529. The molecule has 2 N–H and O–H groups in total. The predicted octanol–water partition coefficient (Wildman–Crippen LogP) is 1.10. The third kappa shape index (κ3) is 4.19. The Kier molecular flexibility index (Phi) is 5.37. The summed E-state index contributed by atoms with van der Waals surface area (Å²) in [5.41, 5.74) is 5.98. The number of hydrazine groups is 1. The average molecular weight is 349 g/mol. The van der Waals surface area contributed by atoms with Gasteiger partial charge in [-0.15, -0.1) is 0 Å². The van der Waals surface area contributed by atoms with Crippen LogP contribution in [0.4, 0.5) is 14.9 Å². The first-order valence-corrected chi connectivity index (χ1v) is 8.60. The molecule has 0 saturated carbocycles. The average Bonchev–Trinajstić information content (AvgIpc) is 3.11. The van der Waals surface area contributed by atoms with Crippen molar-refractivity contribution in [1.82, 2.24) is 20.1 Å². The van der Waals surface area contributed by atoms with Gasteiger partial charge in [-0.05, 0) is 44.2 Å². The number of hydrogen-bond donors (Lipinski definition) is 2. The minimum atomic E-state index is -0.472. The van der Waals surface area contributed by atoms with Crippen LogP contribution in [0, 0.1) is 5.82 Å². The number of nitrogens with zero attached hydrogens (tertiary/aromatic N) is 3. The summed E-state index contributed by atoms with van der Waals surface area (Å²) in [7, 11) is 2.04. The van der Waals surface area contributed by atoms with Crippen molar-refractivity contribution >= 4 is 17.6 Å². The van der Waals surface area contributed by atoms with E-state index in [2.05, 4.69) is 15.8 Å². The molecule has 0 radical (unpaired) electrons. The van der Waals surface area contributed by atoms with Crippen molar-refractivity contribution in [2.75, 3.05) is 45.2 Å². The van der Waals surface area contributed by atoms with Gasteiger partial charge in [-0.1, -0.05) is 0 Å². The summed E-state index contributed by atoms with van der Waals surface area (Å²) < 4.78 is 12.9. The summed E-state index contributed by atoms with van der Waals surface area (Å²) in [5.74, 6) is -0.582. The maximum Gasteiger partial charge on any atom is 0.320 e. The van der Waals surface area contributed by atoms with Crippen LogP contribution < -0.4 is 10.9 Å². The molecule has 7 nitrogen and oxygen atoms in total. The van der Waals surface area contributed by atoms with E-state index in [1.165, 1.54) is 24.3 Å². The van der Waals surface area contributed by atoms with Gasteiger partial charge in [0.05, 0.1) is 5.69 Å². The Morgan fingerprint density at radius 3 is 2.44 bits per heavy atom. The Morgan fingerprint density at radius 2 is 1.76 bits per heavy atom. The lowest BCUT2D eigenvalue weighted by molar-refractivity contribution is -0.124. The Balaban J connectivity index is 1.55. The van der Waals surface area contributed by atoms with Gasteiger partial charge in [0.2, 0.25) is 0 Å². The topological polar surface area (TPSA) is 67.9 Å². The van der Waals surface area contributed by atoms with E-state index in [0.717, 1.165) is 19.5 Å². The second-order valence-corrected chi connectivity index (χ2v) is 6.55. The van der Waals surface area contributed by atoms with E-state index in [1.807, 2.05) is 11.9 Å². The number of halogens is 1. The number of rotatable bonds is 3. The first-order chi connectivity index (χ1) is 12.0. The van der Waals surface area contributed by atoms with Gasteiger partial charge in [0.25, 0.3) is 5.91 Å². The van der Waals surface area contributed by atoms with Crippen molar-refractivity contribution in [3.63, 3.8) is 0 Å². The molecule has 136 valence electrons. The molecular formula is C17H24FN5O2. The van der Waals surface area contributed by atoms with Crippen LogP contribution in [-0.2, 0) is 4.79 Å². The zero-order valence-electron chi connectivity index (χ0n) is 14.4. The van der Waals surface area contributed by atoms with Crippen LogP contribution in [0.3, 0.4) is 0 Å². The van der Waals surface area contributed by atoms with Gasteiger partial charge in [-0.2, -0.15) is 0 Å². The molecule has 0 bridgehead atoms. The fourth-order valence-corrected chi connectivity index (χ4v) is 3.20. The first-order valence-electron chi connectivity index (χ1n) is 8.60. The molecule has 2 aliphatic rings. The van der Waals surface area contributed by atoms with Gasteiger partial charge in [0.15, 0.2) is 0 Å². The molecule has 0 spiro atoms. The number of carbonyl (C=O) groups excluding carboxylic acids is 2. The van der Waals surface area contributed by atoms with Crippen molar-refractivity contribution in [1.29, 1.82) is 0 Å². The Morgan fingerprint density at radius 1 is 1.08 bits per heavy atom. The Bertz CT molecular complexity index is 616. The van der Waals surface area contributed by atoms with Gasteiger partial charge in [0, 0.05) is 32.7 Å². The van der Waals surface area contributed by atoms with Crippen molar-refractivity contribution in [3.8, 4) is 0 Å². The summed E-state index contributed by atoms with van der Waals surface area (Å²) in [5, 5.41) is 0. The highest BCUT2D eigenvalue weighted by Gasteiger charge is 2.36. The number of hydrogen-bond acceptors (Lipinski definition) is 4. The highest BCUT2D eigenvalue weighted by molar-refractivity contribution is 5.88. The summed E-state index contributed by atoms with van der Waals surface area (Å²) in [6, 6.07) is 5.17. The van der Waals surface area contributed by atoms with Crippen LogP contribution in [0.25, 0.3) is 0 Å². The third-order valence-electron chi connectivity index (χ3n) is 4.75. The fourth-order valence-electron chi connectivity index (χ4n) is 3.20. The van der Waals surface area contributed by atoms with E-state index in [4.69, 9.17) is 0 Å². The van der Waals surface area contributed by atoms with E-state index in [0.29, 0.717) is 31.7 Å². The summed E-state index contributed by atoms with van der Waals surface area (Å²) in [4.78, 5) is 30.9. The van der Waals surface area contributed by atoms with Gasteiger partial charge in [-0.3, -0.25) is 15.6 Å². The summed E-state index contributed by atoms with van der Waals surface area (Å²) in [6.07, 6.45) is 1.46. The van der Waals surface area contributed by atoms with Crippen molar-refractivity contribution in [3.05, 3.63) is 30.1 Å². The molecule has 0 aromatic heterocycles. The third-order valence-corrected chi connectivity index (χ3v) is 4.75. The minimum Gasteiger partial charge on any atom is -0.322 e. The largest absolute Gasteiger partial charge is 0.322 e. The smallest absolute Gasteiger partial charge is 0.320 e. The predicted molar refractivity (Wildman–Crippen MR) is 92.4 cm³/mol. The molecule has 3 amide bonds. The SMILES string of the molecule is CN1CCN(C(=O)N2CCCC2C(=O)NNc2ccc(F)cc2)CC1. The van der Waals surface area contributed by atoms with Gasteiger partial charge < -0.3 is 14.7 Å². The van der Waals surface area contributed by atoms with Crippen LogP contribution >= 0.6 is 0 Å². The lowest BCUT2D eigenvalue weighted by Crippen LogP contribution is -2.55. The van der Waals surface area contributed by atoms with Crippen molar-refractivity contribution in [2.24, 2.45) is 0 Å². The molecular weight excluding hydrogens is 325 g/mol. The number of likely N-dealkylation sites (N-methyl/N-ethyl adjacent to an activating group) is 1. The molecule has 1 aromatic carbocycles. The zero-order chi connectivity index (χ0) is 17.8. The second kappa shape index (κ2) is 7.69. The number of likely N-dealkylation sites (tertiary alicyclic amines) is 1. The van der Waals surface area contributed by atoms with E-state index < -0.39 is 6.04 Å². The maximum absolute atomic E-state index is 12.9. The standard InChI is InChI=1S/C17H24FN5O2/c1-21-9-11-22(12-10-21)17(25)23-8-2-3-15(23)16(24)20-19-14-6-4-13(18)5-7-14/h4-7,15,19H,2-3,8-12H2,1H3,(H,20,24). The van der Waals surface area contributed by atoms with Crippen LogP contribution in [0.2, 0.25) is 0 Å². The van der Waals surface area contributed by atoms with Crippen molar-refractivity contribution in [2.45, 2.75) is 18.9 Å². The van der Waals surface area contributed by atoms with E-state index in [1.54, 1.807) is 4.90 Å². The van der Waals surface area contributed by atoms with Crippen LogP contribution in [0.15, 0.2) is 24.3 Å². The van der Waals surface area contributed by atoms with Crippen molar-refractivity contribution < 1.29 is 14.0 Å². The monoisotopic (exact) mass is 349 g/mol. The minimum absolute atomic E-state index is 0.0625. The second-order valence-electron chi connectivity index (χ2n) is 6.55. The molecule has 1 aromatic rings. The Hall–Kier alpha value is -2.35. The Labute approximate surface area is 146 Å². The highest BCUT2D eigenvalue weighted by Crippen LogP contribution is 2.20. The number of piperazine rings is 1. The molecule has 25 heavy (non-hydrogen) atoms.